The molecule has 2 aromatic rings. The van der Waals surface area contributed by atoms with E-state index >= 15 is 0 Å². The lowest BCUT2D eigenvalue weighted by Gasteiger charge is -2.22. The van der Waals surface area contributed by atoms with Crippen molar-refractivity contribution in [3.63, 3.8) is 0 Å². The maximum absolute atomic E-state index is 13.3. The summed E-state index contributed by atoms with van der Waals surface area (Å²) in [5.41, 5.74) is 3.40. The van der Waals surface area contributed by atoms with Crippen molar-refractivity contribution in [1.29, 1.82) is 0 Å². The number of fused-ring (bicyclic) bond motifs is 2. The fourth-order valence-corrected chi connectivity index (χ4v) is 5.86. The van der Waals surface area contributed by atoms with E-state index in [0.29, 0.717) is 10.6 Å². The Hall–Kier alpha value is -2.38. The summed E-state index contributed by atoms with van der Waals surface area (Å²) in [6.07, 6.45) is 7.43. The lowest BCUT2D eigenvalue weighted by molar-refractivity contribution is -0.137. The van der Waals surface area contributed by atoms with E-state index in [1.54, 1.807) is 13.1 Å². The van der Waals surface area contributed by atoms with Crippen LogP contribution >= 0.6 is 0 Å². The number of hydrogen-bond donors (Lipinski definition) is 2. The minimum atomic E-state index is -3.63. The van der Waals surface area contributed by atoms with Gasteiger partial charge in [-0.1, -0.05) is 76.3 Å². The first-order valence-electron chi connectivity index (χ1n) is 12.5. The van der Waals surface area contributed by atoms with E-state index in [-0.39, 0.29) is 12.5 Å². The molecule has 1 aliphatic heterocycles. The Morgan fingerprint density at radius 3 is 2.24 bits per heavy atom. The van der Waals surface area contributed by atoms with Gasteiger partial charge in [0.2, 0.25) is 0 Å². The minimum Gasteiger partial charge on any atom is -0.481 e. The maximum atomic E-state index is 13.3. The number of unbranched alkanes of at least 4 members (excludes halogenated alkanes) is 6. The maximum Gasteiger partial charge on any atom is 0.303 e. The average molecular weight is 489 g/mol. The van der Waals surface area contributed by atoms with Crippen molar-refractivity contribution in [1.82, 2.24) is 5.32 Å². The van der Waals surface area contributed by atoms with Crippen LogP contribution in [0.3, 0.4) is 0 Å². The van der Waals surface area contributed by atoms with E-state index in [2.05, 4.69) is 5.32 Å². The summed E-state index contributed by atoms with van der Waals surface area (Å²) in [4.78, 5) is 10.9. The molecule has 1 aliphatic rings. The Labute approximate surface area is 205 Å². The third-order valence-corrected chi connectivity index (χ3v) is 7.95. The van der Waals surface area contributed by atoms with Crippen molar-refractivity contribution in [3.05, 3.63) is 59.2 Å². The number of nitrogens with zero attached hydrogens (tertiary/aromatic N) is 1. The molecule has 188 valence electrons. The molecule has 1 unspecified atom stereocenters. The summed E-state index contributed by atoms with van der Waals surface area (Å²) in [5.74, 6) is -0.716. The molecule has 0 saturated carbocycles. The van der Waals surface area contributed by atoms with Crippen molar-refractivity contribution in [2.45, 2.75) is 83.1 Å². The Bertz CT molecular complexity index is 1040. The molecule has 0 amide bonds. The number of aryl methyl sites for hydroxylation is 1. The zero-order chi connectivity index (χ0) is 25.1. The van der Waals surface area contributed by atoms with Crippen molar-refractivity contribution >= 4 is 21.7 Å². The highest BCUT2D eigenvalue weighted by Crippen LogP contribution is 2.40. The lowest BCUT2D eigenvalue weighted by Crippen LogP contribution is -2.26. The fourth-order valence-electron chi connectivity index (χ4n) is 4.32. The summed E-state index contributed by atoms with van der Waals surface area (Å²) >= 11 is 0. The molecule has 0 spiro atoms. The molecule has 3 rings (SSSR count). The molecule has 1 atom stereocenters. The van der Waals surface area contributed by atoms with Gasteiger partial charge in [0.1, 0.15) is 0 Å². The van der Waals surface area contributed by atoms with Crippen LogP contribution in [-0.4, -0.2) is 33.1 Å². The number of carboxylic acid groups (broad SMARTS) is 1. The number of nitrogens with one attached hydrogen (secondary N) is 1. The van der Waals surface area contributed by atoms with Crippen molar-refractivity contribution < 1.29 is 18.3 Å². The number of para-hydroxylation sites is 1. The minimum absolute atomic E-state index is 0.183. The largest absolute Gasteiger partial charge is 0.481 e. The van der Waals surface area contributed by atoms with Crippen LogP contribution in [0.25, 0.3) is 0 Å². The monoisotopic (exact) mass is 488 g/mol. The summed E-state index contributed by atoms with van der Waals surface area (Å²) in [6, 6.07) is 13.2. The molecule has 0 radical (unpaired) electrons. The first kappa shape index (κ1) is 27.9. The number of hydrogen-bond acceptors (Lipinski definition) is 4. The van der Waals surface area contributed by atoms with Gasteiger partial charge in [0, 0.05) is 13.5 Å². The molecular formula is C27H40N2O4S. The average Bonchev–Trinajstić information content (AvgIpc) is 2.89. The molecule has 0 aromatic heterocycles. The Morgan fingerprint density at radius 2 is 1.56 bits per heavy atom. The summed E-state index contributed by atoms with van der Waals surface area (Å²) in [6.45, 7) is 6.72. The normalized spacial score (nSPS) is 16.0. The number of carbonyl (C=O) groups is 1. The summed E-state index contributed by atoms with van der Waals surface area (Å²) in [5, 5.41) is 12.3. The molecule has 6 nitrogen and oxygen atoms in total. The van der Waals surface area contributed by atoms with Crippen LogP contribution in [0.15, 0.2) is 47.4 Å². The quantitative estimate of drug-likeness (QED) is 0.376. The highest BCUT2D eigenvalue weighted by atomic mass is 32.2. The lowest BCUT2D eigenvalue weighted by atomic mass is 9.96. The molecule has 7 heteroatoms. The van der Waals surface area contributed by atoms with Gasteiger partial charge in [-0.05, 0) is 55.1 Å². The highest BCUT2D eigenvalue weighted by Gasteiger charge is 2.34. The van der Waals surface area contributed by atoms with Gasteiger partial charge in [0.25, 0.3) is 10.0 Å². The fraction of sp³-hybridized carbons (Fsp3) is 0.519. The van der Waals surface area contributed by atoms with Crippen LogP contribution in [0.2, 0.25) is 0 Å². The Kier molecular flexibility index (Phi) is 11.1. The van der Waals surface area contributed by atoms with Crippen molar-refractivity contribution in [3.8, 4) is 0 Å². The first-order valence-corrected chi connectivity index (χ1v) is 13.9. The van der Waals surface area contributed by atoms with E-state index in [9.17, 15) is 13.2 Å². The van der Waals surface area contributed by atoms with E-state index in [1.165, 1.54) is 4.31 Å². The van der Waals surface area contributed by atoms with E-state index in [1.807, 2.05) is 57.2 Å². The molecule has 2 N–H and O–H groups in total. The predicted octanol–water partition coefficient (Wildman–Crippen LogP) is 6.04. The number of anilines is 1. The van der Waals surface area contributed by atoms with Gasteiger partial charge in [-0.2, -0.15) is 0 Å². The van der Waals surface area contributed by atoms with Crippen molar-refractivity contribution in [2.24, 2.45) is 0 Å². The molecule has 0 fully saturated rings. The van der Waals surface area contributed by atoms with Gasteiger partial charge < -0.3 is 10.4 Å². The van der Waals surface area contributed by atoms with Gasteiger partial charge in [-0.15, -0.1) is 0 Å². The summed E-state index contributed by atoms with van der Waals surface area (Å²) < 4.78 is 28.0. The van der Waals surface area contributed by atoms with E-state index in [0.717, 1.165) is 68.2 Å². The predicted molar refractivity (Wildman–Crippen MR) is 139 cm³/mol. The molecule has 0 aliphatic carbocycles. The third-order valence-electron chi connectivity index (χ3n) is 6.12. The number of sulfonamides is 1. The van der Waals surface area contributed by atoms with Crippen LogP contribution in [-0.2, 0) is 14.8 Å². The van der Waals surface area contributed by atoms with Crippen LogP contribution < -0.4 is 9.62 Å². The number of rotatable bonds is 11. The first-order chi connectivity index (χ1) is 16.3. The van der Waals surface area contributed by atoms with Gasteiger partial charge in [-0.25, -0.2) is 8.42 Å². The highest BCUT2D eigenvalue weighted by molar-refractivity contribution is 7.92. The molecule has 34 heavy (non-hydrogen) atoms. The van der Waals surface area contributed by atoms with E-state index < -0.39 is 16.0 Å². The van der Waals surface area contributed by atoms with Crippen LogP contribution in [0.5, 0.6) is 0 Å². The van der Waals surface area contributed by atoms with Gasteiger partial charge in [0.15, 0.2) is 0 Å². The number of aliphatic carboxylic acids is 1. The third kappa shape index (κ3) is 7.06. The topological polar surface area (TPSA) is 86.7 Å². The zero-order valence-corrected chi connectivity index (χ0v) is 21.8. The second-order valence-electron chi connectivity index (χ2n) is 8.58. The van der Waals surface area contributed by atoms with E-state index in [4.69, 9.17) is 5.11 Å². The van der Waals surface area contributed by atoms with Crippen LogP contribution in [0, 0.1) is 6.92 Å². The zero-order valence-electron chi connectivity index (χ0n) is 21.0. The van der Waals surface area contributed by atoms with Crippen LogP contribution in [0.1, 0.15) is 87.9 Å². The number of carboxylic acids is 1. The Balaban J connectivity index is 0.00000199. The molecular weight excluding hydrogens is 448 g/mol. The second kappa shape index (κ2) is 13.5. The standard InChI is InChI=1S/C25H34N2O4S.C2H6/c1-19-15-16-21-23(18-19)32(30,31)27(2)22-13-10-9-12-20(22)25(21)26-17-11-7-5-3-4-6-8-14-24(28)29;1-2/h9-10,12-13,15-16,18,25-26H,3-8,11,14,17H2,1-2H3,(H,28,29);1-2H3. The van der Waals surface area contributed by atoms with Crippen LogP contribution in [0.4, 0.5) is 5.69 Å². The second-order valence-corrected chi connectivity index (χ2v) is 10.5. The SMILES string of the molecule is CC.Cc1ccc2c(c1)S(=O)(=O)N(C)c1ccccc1C2NCCCCCCCCCC(=O)O. The molecule has 1 heterocycles. The smallest absolute Gasteiger partial charge is 0.303 e. The van der Waals surface area contributed by atoms with Crippen molar-refractivity contribution in [2.75, 3.05) is 17.9 Å². The van der Waals surface area contributed by atoms with Gasteiger partial charge in [-0.3, -0.25) is 9.10 Å². The molecule has 0 saturated heterocycles. The number of benzene rings is 2. The van der Waals surface area contributed by atoms with Gasteiger partial charge in [0.05, 0.1) is 16.6 Å². The molecule has 0 bridgehead atoms. The summed E-state index contributed by atoms with van der Waals surface area (Å²) in [7, 11) is -2.00. The Morgan fingerprint density at radius 1 is 0.941 bits per heavy atom. The molecule has 2 aromatic carbocycles. The van der Waals surface area contributed by atoms with Gasteiger partial charge >= 0.3 is 5.97 Å².